The van der Waals surface area contributed by atoms with Crippen molar-refractivity contribution in [2.75, 3.05) is 6.54 Å². The molecule has 2 nitrogen and oxygen atoms in total. The van der Waals surface area contributed by atoms with Crippen molar-refractivity contribution in [3.63, 3.8) is 0 Å². The predicted octanol–water partition coefficient (Wildman–Crippen LogP) is 1.35. The molecule has 0 spiro atoms. The summed E-state index contributed by atoms with van der Waals surface area (Å²) >= 11 is 5.01. The fraction of sp³-hybridized carbons (Fsp3) is 0.714. The van der Waals surface area contributed by atoms with Crippen LogP contribution in [0.15, 0.2) is 0 Å². The van der Waals surface area contributed by atoms with E-state index in [1.807, 2.05) is 0 Å². The van der Waals surface area contributed by atoms with E-state index in [9.17, 15) is 4.79 Å². The van der Waals surface area contributed by atoms with Gasteiger partial charge in [-0.3, -0.25) is 4.79 Å². The average Bonchev–Trinajstić information content (AvgIpc) is 1.88. The first kappa shape index (κ1) is 7.66. The van der Waals surface area contributed by atoms with Crippen molar-refractivity contribution in [1.29, 1.82) is 0 Å². The number of amides is 1. The summed E-state index contributed by atoms with van der Waals surface area (Å²) in [4.78, 5) is 13.4. The zero-order valence-electron chi connectivity index (χ0n) is 6.09. The molecule has 3 heteroatoms. The van der Waals surface area contributed by atoms with Gasteiger partial charge in [-0.15, -0.1) is 0 Å². The van der Waals surface area contributed by atoms with Crippen molar-refractivity contribution in [3.8, 4) is 0 Å². The SMILES string of the molecule is CC(=O)N1CCCCC1=S. The third-order valence-corrected chi connectivity index (χ3v) is 2.13. The lowest BCUT2D eigenvalue weighted by Gasteiger charge is -2.25. The first-order chi connectivity index (χ1) is 4.72. The molecule has 0 bridgehead atoms. The Morgan fingerprint density at radius 2 is 2.30 bits per heavy atom. The highest BCUT2D eigenvalue weighted by Gasteiger charge is 2.17. The molecule has 0 radical (unpaired) electrons. The molecule has 0 atom stereocenters. The largest absolute Gasteiger partial charge is 0.307 e. The number of piperidine rings is 1. The molecule has 1 saturated heterocycles. The van der Waals surface area contributed by atoms with Gasteiger partial charge >= 0.3 is 0 Å². The van der Waals surface area contributed by atoms with E-state index in [2.05, 4.69) is 0 Å². The van der Waals surface area contributed by atoms with E-state index in [1.165, 1.54) is 0 Å². The Balaban J connectivity index is 2.56. The summed E-state index contributed by atoms with van der Waals surface area (Å²) in [5.74, 6) is 0.0877. The van der Waals surface area contributed by atoms with Gasteiger partial charge in [0.15, 0.2) is 0 Å². The van der Waals surface area contributed by atoms with Gasteiger partial charge < -0.3 is 4.90 Å². The molecule has 0 aromatic carbocycles. The molecule has 0 aromatic rings. The molecule has 1 aliphatic rings. The first-order valence-corrected chi connectivity index (χ1v) is 3.93. The van der Waals surface area contributed by atoms with Gasteiger partial charge in [-0.1, -0.05) is 12.2 Å². The Morgan fingerprint density at radius 3 is 2.70 bits per heavy atom. The molecule has 0 N–H and O–H groups in total. The van der Waals surface area contributed by atoms with Crippen LogP contribution in [0.4, 0.5) is 0 Å². The molecule has 10 heavy (non-hydrogen) atoms. The second kappa shape index (κ2) is 3.10. The van der Waals surface area contributed by atoms with Crippen LogP contribution < -0.4 is 0 Å². The summed E-state index contributed by atoms with van der Waals surface area (Å²) in [6.45, 7) is 2.39. The van der Waals surface area contributed by atoms with E-state index in [4.69, 9.17) is 12.2 Å². The molecule has 1 aliphatic heterocycles. The molecule has 1 rings (SSSR count). The van der Waals surface area contributed by atoms with Gasteiger partial charge in [0.25, 0.3) is 0 Å². The molecule has 1 heterocycles. The van der Waals surface area contributed by atoms with E-state index in [1.54, 1.807) is 11.8 Å². The Bertz CT molecular complexity index is 167. The number of hydrogen-bond donors (Lipinski definition) is 0. The van der Waals surface area contributed by atoms with Crippen LogP contribution in [0.5, 0.6) is 0 Å². The van der Waals surface area contributed by atoms with Crippen LogP contribution in [0.1, 0.15) is 26.2 Å². The van der Waals surface area contributed by atoms with Crippen LogP contribution >= 0.6 is 12.2 Å². The van der Waals surface area contributed by atoms with Crippen molar-refractivity contribution >= 4 is 23.1 Å². The van der Waals surface area contributed by atoms with E-state index < -0.39 is 0 Å². The van der Waals surface area contributed by atoms with Crippen LogP contribution in [0.3, 0.4) is 0 Å². The quantitative estimate of drug-likeness (QED) is 0.495. The Hall–Kier alpha value is -0.440. The van der Waals surface area contributed by atoms with E-state index >= 15 is 0 Å². The third kappa shape index (κ3) is 1.53. The number of hydrogen-bond acceptors (Lipinski definition) is 2. The zero-order chi connectivity index (χ0) is 7.56. The van der Waals surface area contributed by atoms with Gasteiger partial charge in [0.1, 0.15) is 0 Å². The van der Waals surface area contributed by atoms with Gasteiger partial charge in [0.2, 0.25) is 5.91 Å². The number of rotatable bonds is 0. The minimum Gasteiger partial charge on any atom is -0.307 e. The van der Waals surface area contributed by atoms with Gasteiger partial charge in [0, 0.05) is 13.5 Å². The lowest BCUT2D eigenvalue weighted by molar-refractivity contribution is -0.125. The normalized spacial score (nSPS) is 19.3. The van der Waals surface area contributed by atoms with Crippen molar-refractivity contribution in [3.05, 3.63) is 0 Å². The number of likely N-dealkylation sites (tertiary alicyclic amines) is 1. The van der Waals surface area contributed by atoms with Crippen molar-refractivity contribution < 1.29 is 4.79 Å². The molecule has 56 valence electrons. The summed E-state index contributed by atoms with van der Waals surface area (Å²) in [5, 5.41) is 0. The van der Waals surface area contributed by atoms with E-state index in [-0.39, 0.29) is 5.91 Å². The maximum atomic E-state index is 10.8. The molecule has 0 aromatic heterocycles. The van der Waals surface area contributed by atoms with Crippen LogP contribution in [0.2, 0.25) is 0 Å². The highest BCUT2D eigenvalue weighted by atomic mass is 32.1. The van der Waals surface area contributed by atoms with Crippen LogP contribution in [-0.2, 0) is 4.79 Å². The third-order valence-electron chi connectivity index (χ3n) is 1.70. The molecule has 0 aliphatic carbocycles. The maximum absolute atomic E-state index is 10.8. The minimum atomic E-state index is 0.0877. The first-order valence-electron chi connectivity index (χ1n) is 3.53. The molecule has 0 saturated carbocycles. The van der Waals surface area contributed by atoms with E-state index in [0.717, 1.165) is 30.8 Å². The minimum absolute atomic E-state index is 0.0877. The molecule has 0 unspecified atom stereocenters. The van der Waals surface area contributed by atoms with Crippen LogP contribution in [0, 0.1) is 0 Å². The number of carbonyl (C=O) groups is 1. The lowest BCUT2D eigenvalue weighted by atomic mass is 10.1. The average molecular weight is 157 g/mol. The fourth-order valence-electron chi connectivity index (χ4n) is 1.14. The summed E-state index contributed by atoms with van der Waals surface area (Å²) in [5.41, 5.74) is 0. The Morgan fingerprint density at radius 1 is 1.60 bits per heavy atom. The number of thiocarbonyl (C=S) groups is 1. The molecular weight excluding hydrogens is 146 g/mol. The van der Waals surface area contributed by atoms with Gasteiger partial charge in [0.05, 0.1) is 4.99 Å². The molecule has 1 fully saturated rings. The smallest absolute Gasteiger partial charge is 0.224 e. The maximum Gasteiger partial charge on any atom is 0.224 e. The van der Waals surface area contributed by atoms with E-state index in [0.29, 0.717) is 0 Å². The summed E-state index contributed by atoms with van der Waals surface area (Å²) < 4.78 is 0. The van der Waals surface area contributed by atoms with Crippen molar-refractivity contribution in [2.45, 2.75) is 26.2 Å². The number of nitrogens with zero attached hydrogens (tertiary/aromatic N) is 1. The second-order valence-electron chi connectivity index (χ2n) is 2.52. The monoisotopic (exact) mass is 157 g/mol. The lowest BCUT2D eigenvalue weighted by Crippen LogP contribution is -2.37. The standard InChI is InChI=1S/C7H11NOS/c1-6(9)8-5-3-2-4-7(8)10/h2-5H2,1H3. The van der Waals surface area contributed by atoms with Crippen molar-refractivity contribution in [1.82, 2.24) is 4.90 Å². The summed E-state index contributed by atoms with van der Waals surface area (Å²) in [6, 6.07) is 0. The second-order valence-corrected chi connectivity index (χ2v) is 2.99. The highest BCUT2D eigenvalue weighted by Crippen LogP contribution is 2.11. The predicted molar refractivity (Wildman–Crippen MR) is 43.8 cm³/mol. The topological polar surface area (TPSA) is 20.3 Å². The van der Waals surface area contributed by atoms with Gasteiger partial charge in [-0.05, 0) is 19.3 Å². The van der Waals surface area contributed by atoms with Crippen LogP contribution in [-0.4, -0.2) is 22.3 Å². The fourth-order valence-corrected chi connectivity index (χ4v) is 1.50. The summed E-state index contributed by atoms with van der Waals surface area (Å²) in [7, 11) is 0. The number of carbonyl (C=O) groups excluding carboxylic acids is 1. The summed E-state index contributed by atoms with van der Waals surface area (Å²) in [6.07, 6.45) is 3.15. The molecule has 1 amide bonds. The van der Waals surface area contributed by atoms with Gasteiger partial charge in [-0.2, -0.15) is 0 Å². The van der Waals surface area contributed by atoms with Gasteiger partial charge in [-0.25, -0.2) is 0 Å². The Labute approximate surface area is 66.2 Å². The van der Waals surface area contributed by atoms with Crippen LogP contribution in [0.25, 0.3) is 0 Å². The highest BCUT2D eigenvalue weighted by molar-refractivity contribution is 7.80. The molecular formula is C7H11NOS. The Kier molecular flexibility index (Phi) is 2.38. The zero-order valence-corrected chi connectivity index (χ0v) is 6.91. The van der Waals surface area contributed by atoms with Crippen molar-refractivity contribution in [2.24, 2.45) is 0 Å².